The van der Waals surface area contributed by atoms with Crippen LogP contribution >= 0.6 is 11.3 Å². The van der Waals surface area contributed by atoms with Gasteiger partial charge < -0.3 is 4.74 Å². The molecule has 0 amide bonds. The van der Waals surface area contributed by atoms with Crippen LogP contribution in [0.2, 0.25) is 0 Å². The van der Waals surface area contributed by atoms with E-state index < -0.39 is 10.0 Å². The van der Waals surface area contributed by atoms with Crippen molar-refractivity contribution in [2.75, 3.05) is 13.1 Å². The van der Waals surface area contributed by atoms with E-state index in [0.717, 1.165) is 10.3 Å². The number of rotatable bonds is 4. The van der Waals surface area contributed by atoms with Crippen molar-refractivity contribution >= 4 is 31.6 Å². The zero-order valence-electron chi connectivity index (χ0n) is 17.3. The molecule has 0 unspecified atom stereocenters. The normalized spacial score (nSPS) is 16.8. The minimum absolute atomic E-state index is 0.0234. The number of fused-ring (bicyclic) bond motifs is 1. The quantitative estimate of drug-likeness (QED) is 0.566. The molecule has 5 nitrogen and oxygen atoms in total. The summed E-state index contributed by atoms with van der Waals surface area (Å²) in [6, 6.07) is 11.6. The molecule has 1 saturated heterocycles. The van der Waals surface area contributed by atoms with Gasteiger partial charge in [0, 0.05) is 13.1 Å². The van der Waals surface area contributed by atoms with E-state index in [1.807, 2.05) is 12.1 Å². The molecular formula is C22H25FN2O3S2. The zero-order valence-corrected chi connectivity index (χ0v) is 18.9. The molecule has 0 bridgehead atoms. The third kappa shape index (κ3) is 4.36. The Labute approximate surface area is 180 Å². The zero-order chi connectivity index (χ0) is 21.5. The second-order valence-electron chi connectivity index (χ2n) is 8.59. The average molecular weight is 449 g/mol. The highest BCUT2D eigenvalue weighted by Gasteiger charge is 2.31. The predicted molar refractivity (Wildman–Crippen MR) is 117 cm³/mol. The molecule has 0 saturated carbocycles. The molecule has 2 aromatic carbocycles. The molecule has 0 N–H and O–H groups in total. The number of nitrogens with zero attached hydrogens (tertiary/aromatic N) is 2. The number of piperidine rings is 1. The Morgan fingerprint density at radius 1 is 1.10 bits per heavy atom. The molecule has 1 aromatic heterocycles. The smallest absolute Gasteiger partial charge is 0.274 e. The van der Waals surface area contributed by atoms with Crippen LogP contribution in [0.1, 0.15) is 39.2 Å². The SMILES string of the molecule is CC(C)(C)c1ccc(S(=O)(=O)N2CCC(Oc3nc4ccc(F)cc4s3)CC2)cc1. The first kappa shape index (κ1) is 21.2. The van der Waals surface area contributed by atoms with Crippen molar-refractivity contribution in [1.29, 1.82) is 0 Å². The van der Waals surface area contributed by atoms with Crippen LogP contribution in [-0.4, -0.2) is 36.9 Å². The highest BCUT2D eigenvalue weighted by atomic mass is 32.2. The Kier molecular flexibility index (Phi) is 5.59. The lowest BCUT2D eigenvalue weighted by Gasteiger charge is -2.31. The van der Waals surface area contributed by atoms with Crippen LogP contribution in [0, 0.1) is 5.82 Å². The third-order valence-corrected chi connectivity index (χ3v) is 8.18. The van der Waals surface area contributed by atoms with E-state index >= 15 is 0 Å². The van der Waals surface area contributed by atoms with E-state index in [-0.39, 0.29) is 17.3 Å². The van der Waals surface area contributed by atoms with Gasteiger partial charge >= 0.3 is 0 Å². The monoisotopic (exact) mass is 448 g/mol. The van der Waals surface area contributed by atoms with Gasteiger partial charge in [0.2, 0.25) is 10.0 Å². The van der Waals surface area contributed by atoms with E-state index in [1.165, 1.54) is 27.8 Å². The van der Waals surface area contributed by atoms with Gasteiger partial charge in [0.05, 0.1) is 15.1 Å². The van der Waals surface area contributed by atoms with E-state index in [4.69, 9.17) is 4.74 Å². The molecule has 1 aliphatic heterocycles. The fraction of sp³-hybridized carbons (Fsp3) is 0.409. The van der Waals surface area contributed by atoms with Crippen LogP contribution in [0.15, 0.2) is 47.4 Å². The summed E-state index contributed by atoms with van der Waals surface area (Å²) in [5.74, 6) is -0.299. The average Bonchev–Trinajstić information content (AvgIpc) is 3.09. The lowest BCUT2D eigenvalue weighted by molar-refractivity contribution is 0.135. The van der Waals surface area contributed by atoms with Crippen molar-refractivity contribution in [2.45, 2.75) is 50.0 Å². The second-order valence-corrected chi connectivity index (χ2v) is 11.5. The van der Waals surface area contributed by atoms with Gasteiger partial charge in [0.15, 0.2) is 0 Å². The summed E-state index contributed by atoms with van der Waals surface area (Å²) < 4.78 is 47.6. The van der Waals surface area contributed by atoms with E-state index in [0.29, 0.717) is 41.5 Å². The number of halogens is 1. The molecule has 0 radical (unpaired) electrons. The van der Waals surface area contributed by atoms with E-state index in [1.54, 1.807) is 18.2 Å². The fourth-order valence-corrected chi connectivity index (χ4v) is 5.91. The number of sulfonamides is 1. The first-order valence-corrected chi connectivity index (χ1v) is 12.2. The minimum Gasteiger partial charge on any atom is -0.467 e. The molecule has 30 heavy (non-hydrogen) atoms. The molecule has 1 aliphatic rings. The molecule has 8 heteroatoms. The van der Waals surface area contributed by atoms with Crippen LogP contribution in [-0.2, 0) is 15.4 Å². The Hall–Kier alpha value is -2.03. The van der Waals surface area contributed by atoms with Crippen LogP contribution in [0.3, 0.4) is 0 Å². The first-order chi connectivity index (χ1) is 14.1. The summed E-state index contributed by atoms with van der Waals surface area (Å²) in [4.78, 5) is 4.71. The van der Waals surface area contributed by atoms with Gasteiger partial charge in [-0.25, -0.2) is 17.8 Å². The van der Waals surface area contributed by atoms with Crippen LogP contribution in [0.25, 0.3) is 10.2 Å². The maximum absolute atomic E-state index is 13.4. The summed E-state index contributed by atoms with van der Waals surface area (Å²) in [6.07, 6.45) is 1.07. The van der Waals surface area contributed by atoms with Gasteiger partial charge in [-0.15, -0.1) is 0 Å². The van der Waals surface area contributed by atoms with E-state index in [9.17, 15) is 12.8 Å². The maximum Gasteiger partial charge on any atom is 0.274 e. The van der Waals surface area contributed by atoms with Gasteiger partial charge in [-0.2, -0.15) is 4.31 Å². The van der Waals surface area contributed by atoms with Crippen LogP contribution < -0.4 is 4.74 Å². The highest BCUT2D eigenvalue weighted by molar-refractivity contribution is 7.89. The van der Waals surface area contributed by atoms with Crippen molar-refractivity contribution in [3.05, 3.63) is 53.8 Å². The number of hydrogen-bond acceptors (Lipinski definition) is 5. The molecule has 160 valence electrons. The van der Waals surface area contributed by atoms with Crippen molar-refractivity contribution in [1.82, 2.24) is 9.29 Å². The third-order valence-electron chi connectivity index (χ3n) is 5.36. The Bertz CT molecular complexity index is 1140. The maximum atomic E-state index is 13.4. The van der Waals surface area contributed by atoms with Gasteiger partial charge in [0.1, 0.15) is 11.9 Å². The summed E-state index contributed by atoms with van der Waals surface area (Å²) in [6.45, 7) is 7.09. The van der Waals surface area contributed by atoms with Gasteiger partial charge in [-0.3, -0.25) is 0 Å². The van der Waals surface area contributed by atoms with Crippen LogP contribution in [0.5, 0.6) is 5.19 Å². The minimum atomic E-state index is -3.52. The summed E-state index contributed by atoms with van der Waals surface area (Å²) in [5.41, 5.74) is 1.78. The number of thiazole rings is 1. The van der Waals surface area contributed by atoms with Gasteiger partial charge in [-0.1, -0.05) is 44.2 Å². The standard InChI is InChI=1S/C22H25FN2O3S2/c1-22(2,3)15-4-7-18(8-5-15)30(26,27)25-12-10-17(11-13-25)28-21-24-19-9-6-16(23)14-20(19)29-21/h4-9,14,17H,10-13H2,1-3H3. The Balaban J connectivity index is 1.40. The van der Waals surface area contributed by atoms with Gasteiger partial charge in [-0.05, 0) is 54.2 Å². The molecule has 0 spiro atoms. The molecular weight excluding hydrogens is 423 g/mol. The predicted octanol–water partition coefficient (Wildman–Crippen LogP) is 4.97. The molecule has 4 rings (SSSR count). The fourth-order valence-electron chi connectivity index (χ4n) is 3.54. The first-order valence-electron chi connectivity index (χ1n) is 9.96. The molecule has 2 heterocycles. The molecule has 1 fully saturated rings. The van der Waals surface area contributed by atoms with Crippen molar-refractivity contribution in [2.24, 2.45) is 0 Å². The molecule has 0 atom stereocenters. The highest BCUT2D eigenvalue weighted by Crippen LogP contribution is 2.31. The van der Waals surface area contributed by atoms with Crippen molar-refractivity contribution in [3.63, 3.8) is 0 Å². The largest absolute Gasteiger partial charge is 0.467 e. The number of aromatic nitrogens is 1. The van der Waals surface area contributed by atoms with E-state index in [2.05, 4.69) is 25.8 Å². The summed E-state index contributed by atoms with van der Waals surface area (Å²) in [7, 11) is -3.52. The van der Waals surface area contributed by atoms with Gasteiger partial charge in [0.25, 0.3) is 5.19 Å². The molecule has 3 aromatic rings. The second kappa shape index (κ2) is 7.90. The Morgan fingerprint density at radius 3 is 2.40 bits per heavy atom. The van der Waals surface area contributed by atoms with Crippen molar-refractivity contribution in [3.8, 4) is 5.19 Å². The van der Waals surface area contributed by atoms with Crippen molar-refractivity contribution < 1.29 is 17.5 Å². The summed E-state index contributed by atoms with van der Waals surface area (Å²) in [5, 5.41) is 0.495. The lowest BCUT2D eigenvalue weighted by atomic mass is 9.87. The number of hydrogen-bond donors (Lipinski definition) is 0. The lowest BCUT2D eigenvalue weighted by Crippen LogP contribution is -2.41. The van der Waals surface area contributed by atoms with Crippen LogP contribution in [0.4, 0.5) is 4.39 Å². The summed E-state index contributed by atoms with van der Waals surface area (Å²) >= 11 is 1.31. The number of benzene rings is 2. The molecule has 0 aliphatic carbocycles. The topological polar surface area (TPSA) is 59.5 Å². The Morgan fingerprint density at radius 2 is 1.77 bits per heavy atom. The number of ether oxygens (including phenoxy) is 1.